The number of nitrogens with zero attached hydrogens (tertiary/aromatic N) is 1. The maximum absolute atomic E-state index is 12.7. The molecule has 0 heterocycles. The summed E-state index contributed by atoms with van der Waals surface area (Å²) in [6, 6.07) is 0. The quantitative estimate of drug-likeness (QED) is 0.0202. The van der Waals surface area contributed by atoms with Crippen LogP contribution in [0.5, 0.6) is 0 Å². The van der Waals surface area contributed by atoms with Crippen LogP contribution >= 0.6 is 7.82 Å². The molecule has 0 bridgehead atoms. The summed E-state index contributed by atoms with van der Waals surface area (Å²) in [6.07, 6.45) is 44.0. The van der Waals surface area contributed by atoms with E-state index in [1.54, 1.807) is 0 Å². The Bertz CT molecular complexity index is 989. The van der Waals surface area contributed by atoms with Crippen LogP contribution in [0.3, 0.4) is 0 Å². The van der Waals surface area contributed by atoms with Gasteiger partial charge < -0.3 is 27.9 Å². The smallest absolute Gasteiger partial charge is 0.306 e. The normalized spacial score (nSPS) is 14.3. The lowest BCUT2D eigenvalue weighted by molar-refractivity contribution is -0.870. The van der Waals surface area contributed by atoms with E-state index in [0.29, 0.717) is 24.1 Å². The van der Waals surface area contributed by atoms with Crippen molar-refractivity contribution in [3.8, 4) is 0 Å². The van der Waals surface area contributed by atoms with E-state index < -0.39 is 13.9 Å². The molecule has 0 aliphatic rings. The summed E-state index contributed by atoms with van der Waals surface area (Å²) in [5.41, 5.74) is 0. The Labute approximate surface area is 327 Å². The van der Waals surface area contributed by atoms with Gasteiger partial charge in [-0.05, 0) is 51.4 Å². The lowest BCUT2D eigenvalue weighted by atomic mass is 10.1. The number of ether oxygens (including phenoxy) is 2. The number of carbonyl (C=O) groups excluding carboxylic acids is 1. The molecule has 0 fully saturated rings. The third-order valence-corrected chi connectivity index (χ3v) is 9.86. The van der Waals surface area contributed by atoms with Crippen LogP contribution < -0.4 is 4.89 Å². The van der Waals surface area contributed by atoms with Crippen molar-refractivity contribution in [1.82, 2.24) is 0 Å². The number of phosphoric acid groups is 1. The van der Waals surface area contributed by atoms with E-state index in [1.807, 2.05) is 21.1 Å². The maximum Gasteiger partial charge on any atom is 0.306 e. The van der Waals surface area contributed by atoms with Crippen LogP contribution in [0.1, 0.15) is 168 Å². The molecule has 0 saturated carbocycles. The van der Waals surface area contributed by atoms with Gasteiger partial charge >= 0.3 is 5.97 Å². The van der Waals surface area contributed by atoms with E-state index in [4.69, 9.17) is 18.5 Å². The second kappa shape index (κ2) is 37.4. The highest BCUT2D eigenvalue weighted by Crippen LogP contribution is 2.38. The molecule has 0 saturated heterocycles. The van der Waals surface area contributed by atoms with E-state index >= 15 is 0 Å². The van der Waals surface area contributed by atoms with Crippen LogP contribution in [0.15, 0.2) is 48.6 Å². The van der Waals surface area contributed by atoms with E-state index in [-0.39, 0.29) is 25.8 Å². The molecule has 0 aromatic rings. The summed E-state index contributed by atoms with van der Waals surface area (Å²) in [5.74, 6) is -0.349. The Morgan fingerprint density at radius 3 is 1.64 bits per heavy atom. The van der Waals surface area contributed by atoms with Crippen LogP contribution in [0, 0.1) is 0 Å². The standard InChI is InChI=1S/C44H82NO7P/c1-6-8-10-12-14-16-18-20-21-22-23-24-25-26-27-29-31-33-35-37-44(46)52-43(42-51-53(47,48)50-40-38-45(3,4)5)41-49-39-36-34-32-30-28-19-17-15-13-11-9-7-2/h8,10,14,16,20-21,23-24,43H,6-7,9,11-13,15,17-19,22,25-42H2,1-5H3/b10-8-,16-14-,21-20-,24-23-. The molecule has 9 heteroatoms. The molecule has 0 aliphatic carbocycles. The summed E-state index contributed by atoms with van der Waals surface area (Å²) in [7, 11) is 1.34. The van der Waals surface area contributed by atoms with Crippen molar-refractivity contribution in [2.24, 2.45) is 0 Å². The molecule has 0 radical (unpaired) electrons. The van der Waals surface area contributed by atoms with E-state index in [0.717, 1.165) is 70.6 Å². The SMILES string of the molecule is CC/C=C\C/C=C\C/C=C\C/C=C\CCCCCCCCC(=O)OC(COCCCCCCCCCCCCCC)COP(=O)([O-])OCC[N+](C)(C)C. The van der Waals surface area contributed by atoms with Crippen molar-refractivity contribution >= 4 is 13.8 Å². The van der Waals surface area contributed by atoms with Crippen LogP contribution in [-0.4, -0.2) is 70.7 Å². The predicted octanol–water partition coefficient (Wildman–Crippen LogP) is 11.7. The number of allylic oxidation sites excluding steroid dienone is 8. The first kappa shape index (κ1) is 51.5. The Kier molecular flexibility index (Phi) is 36.3. The molecule has 0 spiro atoms. The van der Waals surface area contributed by atoms with Crippen LogP contribution in [-0.2, 0) is 27.9 Å². The van der Waals surface area contributed by atoms with Crippen LogP contribution in [0.25, 0.3) is 0 Å². The van der Waals surface area contributed by atoms with Crippen molar-refractivity contribution in [2.45, 2.75) is 174 Å². The molecule has 0 N–H and O–H groups in total. The van der Waals surface area contributed by atoms with Gasteiger partial charge in [0.25, 0.3) is 7.82 Å². The lowest BCUT2D eigenvalue weighted by Crippen LogP contribution is -2.37. The minimum Gasteiger partial charge on any atom is -0.756 e. The van der Waals surface area contributed by atoms with Crippen molar-refractivity contribution < 1.29 is 37.3 Å². The van der Waals surface area contributed by atoms with Gasteiger partial charge in [0.2, 0.25) is 0 Å². The molecule has 0 aliphatic heterocycles. The Morgan fingerprint density at radius 1 is 0.604 bits per heavy atom. The minimum atomic E-state index is -4.52. The van der Waals surface area contributed by atoms with Crippen molar-refractivity contribution in [2.75, 3.05) is 54.1 Å². The van der Waals surface area contributed by atoms with E-state index in [2.05, 4.69) is 62.5 Å². The number of carbonyl (C=O) groups is 1. The van der Waals surface area contributed by atoms with Gasteiger partial charge in [-0.25, -0.2) is 0 Å². The number of likely N-dealkylation sites (N-methyl/N-ethyl adjacent to an activating group) is 1. The van der Waals surface area contributed by atoms with Crippen molar-refractivity contribution in [3.63, 3.8) is 0 Å². The molecule has 0 amide bonds. The fourth-order valence-corrected chi connectivity index (χ4v) is 6.32. The molecule has 2 atom stereocenters. The maximum atomic E-state index is 12.7. The van der Waals surface area contributed by atoms with Gasteiger partial charge in [0.05, 0.1) is 34.4 Å². The molecular weight excluding hydrogens is 685 g/mol. The van der Waals surface area contributed by atoms with Gasteiger partial charge in [-0.3, -0.25) is 9.36 Å². The van der Waals surface area contributed by atoms with E-state index in [9.17, 15) is 14.3 Å². The van der Waals surface area contributed by atoms with Crippen molar-refractivity contribution in [3.05, 3.63) is 48.6 Å². The summed E-state index contributed by atoms with van der Waals surface area (Å²) in [5, 5.41) is 0. The fraction of sp³-hybridized carbons (Fsp3) is 0.795. The number of esters is 1. The van der Waals surface area contributed by atoms with Gasteiger partial charge in [0.15, 0.2) is 0 Å². The zero-order chi connectivity index (χ0) is 39.1. The number of phosphoric ester groups is 1. The monoisotopic (exact) mass is 768 g/mol. The van der Waals surface area contributed by atoms with Crippen molar-refractivity contribution in [1.29, 1.82) is 0 Å². The summed E-state index contributed by atoms with van der Waals surface area (Å²) >= 11 is 0. The number of unbranched alkanes of at least 4 members (excludes halogenated alkanes) is 17. The zero-order valence-electron chi connectivity index (χ0n) is 35.0. The summed E-state index contributed by atoms with van der Waals surface area (Å²) < 4.78 is 34.5. The fourth-order valence-electron chi connectivity index (χ4n) is 5.60. The lowest BCUT2D eigenvalue weighted by Gasteiger charge is -2.28. The highest BCUT2D eigenvalue weighted by Gasteiger charge is 2.20. The molecule has 0 aromatic heterocycles. The topological polar surface area (TPSA) is 94.1 Å². The Morgan fingerprint density at radius 2 is 1.09 bits per heavy atom. The first-order valence-electron chi connectivity index (χ1n) is 21.4. The molecule has 310 valence electrons. The Balaban J connectivity index is 4.26. The predicted molar refractivity (Wildman–Crippen MR) is 222 cm³/mol. The zero-order valence-corrected chi connectivity index (χ0v) is 35.8. The largest absolute Gasteiger partial charge is 0.756 e. The number of hydrogen-bond donors (Lipinski definition) is 0. The molecule has 8 nitrogen and oxygen atoms in total. The molecular formula is C44H82NO7P. The van der Waals surface area contributed by atoms with Crippen LogP contribution in [0.4, 0.5) is 0 Å². The first-order valence-corrected chi connectivity index (χ1v) is 22.8. The third kappa shape index (κ3) is 41.5. The van der Waals surface area contributed by atoms with Gasteiger partial charge in [0.1, 0.15) is 19.3 Å². The second-order valence-electron chi connectivity index (χ2n) is 15.3. The van der Waals surface area contributed by atoms with Crippen LogP contribution in [0.2, 0.25) is 0 Å². The van der Waals surface area contributed by atoms with Gasteiger partial charge in [-0.2, -0.15) is 0 Å². The van der Waals surface area contributed by atoms with Gasteiger partial charge in [0, 0.05) is 13.0 Å². The Hall–Kier alpha value is -1.54. The molecule has 0 aromatic carbocycles. The summed E-state index contributed by atoms with van der Waals surface area (Å²) in [6.45, 7) is 5.28. The summed E-state index contributed by atoms with van der Waals surface area (Å²) in [4.78, 5) is 25.0. The van der Waals surface area contributed by atoms with Gasteiger partial charge in [-0.15, -0.1) is 0 Å². The van der Waals surface area contributed by atoms with Gasteiger partial charge in [-0.1, -0.05) is 159 Å². The first-order chi connectivity index (χ1) is 25.6. The minimum absolute atomic E-state index is 0.0224. The molecule has 2 unspecified atom stereocenters. The number of hydrogen-bond acceptors (Lipinski definition) is 7. The number of quaternary nitrogens is 1. The second-order valence-corrected chi connectivity index (χ2v) is 16.7. The average molecular weight is 768 g/mol. The highest BCUT2D eigenvalue weighted by atomic mass is 31.2. The average Bonchev–Trinajstić information content (AvgIpc) is 3.11. The van der Waals surface area contributed by atoms with E-state index in [1.165, 1.54) is 77.0 Å². The number of rotatable bonds is 39. The molecule has 0 rings (SSSR count). The highest BCUT2D eigenvalue weighted by molar-refractivity contribution is 7.45. The third-order valence-electron chi connectivity index (χ3n) is 8.89. The molecule has 53 heavy (non-hydrogen) atoms.